The van der Waals surface area contributed by atoms with Crippen LogP contribution in [0.1, 0.15) is 22.3 Å². The summed E-state index contributed by atoms with van der Waals surface area (Å²) in [5, 5.41) is 1.75. The van der Waals surface area contributed by atoms with Crippen LogP contribution in [0.4, 0.5) is 25.0 Å². The van der Waals surface area contributed by atoms with Gasteiger partial charge in [0.2, 0.25) is 0 Å². The summed E-state index contributed by atoms with van der Waals surface area (Å²) in [6, 6.07) is 13.6. The molecule has 162 valence electrons. The first-order valence-corrected chi connectivity index (χ1v) is 10.9. The zero-order valence-electron chi connectivity index (χ0n) is 18.7. The molecule has 0 saturated heterocycles. The summed E-state index contributed by atoms with van der Waals surface area (Å²) < 4.78 is 36.2. The molecule has 0 bridgehead atoms. The van der Waals surface area contributed by atoms with Crippen LogP contribution in [0.2, 0.25) is 0 Å². The fraction of sp³-hybridized carbons (Fsp3) is 0.148. The number of rotatable bonds is 1. The van der Waals surface area contributed by atoms with Gasteiger partial charge >= 0.3 is 6.09 Å². The van der Waals surface area contributed by atoms with E-state index in [1.54, 1.807) is 4.90 Å². The van der Waals surface area contributed by atoms with Gasteiger partial charge in [-0.1, -0.05) is 30.3 Å². The first-order chi connectivity index (χ1) is 15.8. The maximum atomic E-state index is 15.2. The normalized spacial score (nSPS) is 13.9. The molecular formula is C27H20BF2NO2. The molecule has 2 aliphatic heterocycles. The van der Waals surface area contributed by atoms with Crippen molar-refractivity contribution in [3.8, 4) is 5.75 Å². The predicted molar refractivity (Wildman–Crippen MR) is 129 cm³/mol. The fourth-order valence-electron chi connectivity index (χ4n) is 5.39. The number of carbonyl (C=O) groups is 1. The van der Waals surface area contributed by atoms with Crippen molar-refractivity contribution in [2.24, 2.45) is 0 Å². The van der Waals surface area contributed by atoms with Crippen molar-refractivity contribution >= 4 is 51.3 Å². The second kappa shape index (κ2) is 6.67. The minimum atomic E-state index is -0.698. The van der Waals surface area contributed by atoms with E-state index in [0.717, 1.165) is 33.0 Å². The van der Waals surface area contributed by atoms with Crippen molar-refractivity contribution in [2.45, 2.75) is 27.7 Å². The summed E-state index contributed by atoms with van der Waals surface area (Å²) in [6.45, 7) is 7.14. The molecule has 2 heterocycles. The third-order valence-corrected chi connectivity index (χ3v) is 7.04. The molecule has 4 aromatic rings. The maximum absolute atomic E-state index is 15.2. The van der Waals surface area contributed by atoms with Gasteiger partial charge < -0.3 is 4.74 Å². The predicted octanol–water partition coefficient (Wildman–Crippen LogP) is 4.83. The molecular weight excluding hydrogens is 419 g/mol. The van der Waals surface area contributed by atoms with Gasteiger partial charge in [0.15, 0.2) is 0 Å². The molecule has 0 spiro atoms. The van der Waals surface area contributed by atoms with Gasteiger partial charge in [-0.25, -0.2) is 18.5 Å². The van der Waals surface area contributed by atoms with Crippen LogP contribution < -0.4 is 26.0 Å². The lowest BCUT2D eigenvalue weighted by Crippen LogP contribution is -2.61. The zero-order valence-corrected chi connectivity index (χ0v) is 18.7. The second-order valence-electron chi connectivity index (χ2n) is 9.03. The highest BCUT2D eigenvalue weighted by Gasteiger charge is 2.44. The van der Waals surface area contributed by atoms with E-state index in [1.165, 1.54) is 18.2 Å². The Bertz CT molecular complexity index is 1530. The van der Waals surface area contributed by atoms with E-state index in [-0.39, 0.29) is 5.46 Å². The molecule has 0 atom stereocenters. The molecule has 0 fully saturated rings. The minimum Gasteiger partial charge on any atom is -0.409 e. The highest BCUT2D eigenvalue weighted by molar-refractivity contribution is 6.98. The number of benzene rings is 4. The topological polar surface area (TPSA) is 29.5 Å². The van der Waals surface area contributed by atoms with E-state index >= 15 is 8.78 Å². The van der Waals surface area contributed by atoms with E-state index in [1.807, 2.05) is 58.0 Å². The van der Waals surface area contributed by atoms with Crippen LogP contribution >= 0.6 is 0 Å². The van der Waals surface area contributed by atoms with Gasteiger partial charge in [-0.15, -0.1) is 0 Å². The average Bonchev–Trinajstić information content (AvgIpc) is 2.76. The molecule has 3 nitrogen and oxygen atoms in total. The number of nitrogens with zero attached hydrogens (tertiary/aromatic N) is 1. The Balaban J connectivity index is 1.82. The van der Waals surface area contributed by atoms with Gasteiger partial charge in [-0.2, -0.15) is 0 Å². The molecule has 0 aromatic heterocycles. The Labute approximate surface area is 190 Å². The first kappa shape index (κ1) is 20.0. The lowest BCUT2D eigenvalue weighted by molar-refractivity contribution is 0.209. The molecule has 1 amide bonds. The number of anilines is 2. The smallest absolute Gasteiger partial charge is 0.409 e. The fourth-order valence-corrected chi connectivity index (χ4v) is 5.39. The van der Waals surface area contributed by atoms with Crippen LogP contribution in [0.3, 0.4) is 0 Å². The van der Waals surface area contributed by atoms with Gasteiger partial charge in [0.05, 0.1) is 5.69 Å². The van der Waals surface area contributed by atoms with Gasteiger partial charge in [-0.3, -0.25) is 0 Å². The quantitative estimate of drug-likeness (QED) is 0.398. The summed E-state index contributed by atoms with van der Waals surface area (Å²) in [4.78, 5) is 14.9. The molecule has 0 N–H and O–H groups in total. The summed E-state index contributed by atoms with van der Waals surface area (Å²) >= 11 is 0. The van der Waals surface area contributed by atoms with Gasteiger partial charge in [0.1, 0.15) is 17.4 Å². The standard InChI is InChI=1S/C27H20BF2NO2/c1-13-11-19-22(12-14(13)2)31-25-18(28(19)24-20(29)6-5-7-21(24)30)9-8-17-15(3)10-16(4)26(23(17)25)33-27(31)32/h5-12H,1-4H3. The summed E-state index contributed by atoms with van der Waals surface area (Å²) in [5.74, 6) is -0.707. The van der Waals surface area contributed by atoms with E-state index in [4.69, 9.17) is 4.74 Å². The van der Waals surface area contributed by atoms with Crippen LogP contribution in [-0.2, 0) is 0 Å². The Hall–Kier alpha value is -3.67. The first-order valence-electron chi connectivity index (χ1n) is 10.9. The number of carbonyl (C=O) groups excluding carboxylic acids is 1. The molecule has 0 unspecified atom stereocenters. The Morgan fingerprint density at radius 3 is 2.24 bits per heavy atom. The molecule has 0 radical (unpaired) electrons. The van der Waals surface area contributed by atoms with Crippen molar-refractivity contribution in [2.75, 3.05) is 4.90 Å². The van der Waals surface area contributed by atoms with Crippen molar-refractivity contribution < 1.29 is 18.3 Å². The highest BCUT2D eigenvalue weighted by atomic mass is 19.1. The van der Waals surface area contributed by atoms with E-state index < -0.39 is 24.4 Å². The van der Waals surface area contributed by atoms with Crippen LogP contribution in [0.15, 0.2) is 48.5 Å². The van der Waals surface area contributed by atoms with Crippen LogP contribution in [-0.4, -0.2) is 12.8 Å². The number of aryl methyl sites for hydroxylation is 4. The van der Waals surface area contributed by atoms with Crippen molar-refractivity contribution in [3.05, 3.63) is 82.4 Å². The van der Waals surface area contributed by atoms with Gasteiger partial charge in [-0.05, 0) is 84.5 Å². The third kappa shape index (κ3) is 2.58. The van der Waals surface area contributed by atoms with Crippen LogP contribution in [0, 0.1) is 39.3 Å². The number of hydrogen-bond acceptors (Lipinski definition) is 2. The van der Waals surface area contributed by atoms with Crippen molar-refractivity contribution in [3.63, 3.8) is 0 Å². The van der Waals surface area contributed by atoms with E-state index in [9.17, 15) is 4.79 Å². The van der Waals surface area contributed by atoms with E-state index in [2.05, 4.69) is 0 Å². The minimum absolute atomic E-state index is 0.0119. The number of ether oxygens (including phenoxy) is 1. The Morgan fingerprint density at radius 1 is 0.818 bits per heavy atom. The third-order valence-electron chi connectivity index (χ3n) is 7.04. The maximum Gasteiger partial charge on any atom is 0.424 e. The highest BCUT2D eigenvalue weighted by Crippen LogP contribution is 2.45. The molecule has 2 aliphatic rings. The lowest BCUT2D eigenvalue weighted by Gasteiger charge is -2.39. The molecule has 4 aromatic carbocycles. The summed E-state index contributed by atoms with van der Waals surface area (Å²) in [5.41, 5.74) is 6.46. The summed E-state index contributed by atoms with van der Waals surface area (Å²) in [7, 11) is 0. The van der Waals surface area contributed by atoms with Gasteiger partial charge in [0, 0.05) is 16.5 Å². The number of amides is 1. The SMILES string of the molecule is Cc1cc2c(cc1C)N1C(=O)Oc3c(C)cc(C)c4ccc(c1c34)B2c1c(F)cccc1F. The van der Waals surface area contributed by atoms with E-state index in [0.29, 0.717) is 28.0 Å². The lowest BCUT2D eigenvalue weighted by atomic mass is 9.34. The van der Waals surface area contributed by atoms with Crippen molar-refractivity contribution in [1.82, 2.24) is 0 Å². The molecule has 6 heteroatoms. The summed E-state index contributed by atoms with van der Waals surface area (Å²) in [6.07, 6.45) is -0.514. The zero-order chi connectivity index (χ0) is 23.2. The van der Waals surface area contributed by atoms with Crippen LogP contribution in [0.25, 0.3) is 10.8 Å². The largest absolute Gasteiger partial charge is 0.424 e. The molecule has 0 aliphatic carbocycles. The van der Waals surface area contributed by atoms with Gasteiger partial charge in [0.25, 0.3) is 6.71 Å². The molecule has 6 rings (SSSR count). The number of hydrogen-bond donors (Lipinski definition) is 0. The molecule has 33 heavy (non-hydrogen) atoms. The van der Waals surface area contributed by atoms with Crippen molar-refractivity contribution in [1.29, 1.82) is 0 Å². The average molecular weight is 439 g/mol. The number of fused-ring (bicyclic) bond motifs is 2. The number of halogens is 2. The Morgan fingerprint density at radius 2 is 1.52 bits per heavy atom. The Kier molecular flexibility index (Phi) is 4.04. The molecule has 0 saturated carbocycles. The monoisotopic (exact) mass is 439 g/mol. The van der Waals surface area contributed by atoms with Crippen LogP contribution in [0.5, 0.6) is 5.75 Å². The second-order valence-corrected chi connectivity index (χ2v) is 9.03.